The molecule has 122 valence electrons. The summed E-state index contributed by atoms with van der Waals surface area (Å²) in [5.74, 6) is -0.763. The Labute approximate surface area is 129 Å². The molecule has 2 aliphatic rings. The summed E-state index contributed by atoms with van der Waals surface area (Å²) in [7, 11) is 0. The van der Waals surface area contributed by atoms with Gasteiger partial charge in [-0.15, -0.1) is 0 Å². The first-order valence-corrected chi connectivity index (χ1v) is 7.46. The third kappa shape index (κ3) is 3.17. The van der Waals surface area contributed by atoms with Crippen LogP contribution in [0.3, 0.4) is 0 Å². The Hall–Kier alpha value is -1.02. The van der Waals surface area contributed by atoms with Crippen LogP contribution in [0, 0.1) is 0 Å². The van der Waals surface area contributed by atoms with E-state index in [4.69, 9.17) is 18.9 Å². The fourth-order valence-corrected chi connectivity index (χ4v) is 2.89. The number of benzene rings is 1. The van der Waals surface area contributed by atoms with Gasteiger partial charge in [0, 0.05) is 0 Å². The van der Waals surface area contributed by atoms with E-state index in [2.05, 4.69) is 0 Å². The van der Waals surface area contributed by atoms with Crippen molar-refractivity contribution < 1.29 is 29.2 Å². The van der Waals surface area contributed by atoms with Gasteiger partial charge in [-0.05, 0) is 19.4 Å². The predicted octanol–water partition coefficient (Wildman–Crippen LogP) is 0.801. The van der Waals surface area contributed by atoms with Crippen molar-refractivity contribution in [2.24, 2.45) is 0 Å². The summed E-state index contributed by atoms with van der Waals surface area (Å²) in [5, 5.41) is 19.1. The Balaban J connectivity index is 1.69. The monoisotopic (exact) mass is 310 g/mol. The molecule has 0 bridgehead atoms. The van der Waals surface area contributed by atoms with Crippen LogP contribution in [0.5, 0.6) is 0 Å². The third-order valence-corrected chi connectivity index (χ3v) is 3.87. The highest BCUT2D eigenvalue weighted by Gasteiger charge is 2.57. The Kier molecular flexibility index (Phi) is 4.49. The molecule has 0 saturated carbocycles. The number of aliphatic hydroxyl groups is 2. The topological polar surface area (TPSA) is 77.4 Å². The van der Waals surface area contributed by atoms with Gasteiger partial charge in [0.2, 0.25) is 0 Å². The molecule has 1 unspecified atom stereocenters. The number of hydrogen-bond acceptors (Lipinski definition) is 6. The zero-order chi connectivity index (χ0) is 15.7. The van der Waals surface area contributed by atoms with Crippen molar-refractivity contribution in [2.75, 3.05) is 6.61 Å². The molecule has 2 heterocycles. The van der Waals surface area contributed by atoms with Gasteiger partial charge in [-0.1, -0.05) is 30.3 Å². The van der Waals surface area contributed by atoms with Gasteiger partial charge < -0.3 is 29.2 Å². The molecule has 2 aliphatic heterocycles. The summed E-state index contributed by atoms with van der Waals surface area (Å²) in [4.78, 5) is 0. The lowest BCUT2D eigenvalue weighted by Crippen LogP contribution is -2.40. The molecule has 2 N–H and O–H groups in total. The van der Waals surface area contributed by atoms with Crippen molar-refractivity contribution in [1.82, 2.24) is 0 Å². The average molecular weight is 310 g/mol. The molecule has 6 nitrogen and oxygen atoms in total. The summed E-state index contributed by atoms with van der Waals surface area (Å²) >= 11 is 0. The smallest absolute Gasteiger partial charge is 0.187 e. The van der Waals surface area contributed by atoms with Crippen LogP contribution in [-0.2, 0) is 25.6 Å². The van der Waals surface area contributed by atoms with Crippen LogP contribution in [0.4, 0.5) is 0 Å². The van der Waals surface area contributed by atoms with Gasteiger partial charge in [0.05, 0.1) is 13.2 Å². The number of rotatable bonds is 5. The van der Waals surface area contributed by atoms with E-state index in [0.29, 0.717) is 6.61 Å². The van der Waals surface area contributed by atoms with Gasteiger partial charge in [0.25, 0.3) is 0 Å². The minimum absolute atomic E-state index is 0.375. The molecule has 0 spiro atoms. The standard InChI is InChI=1S/C16H22O6/c1-16(2)21-13-12(11(18)8-17)20-15(14(13)22-16)19-9-10-6-4-3-5-7-10/h3-7,11-15,17-18H,8-9H2,1-2H3/t11-,12+,13-,14-,15?/m0/s1. The van der Waals surface area contributed by atoms with Gasteiger partial charge in [-0.2, -0.15) is 0 Å². The van der Waals surface area contributed by atoms with E-state index in [1.165, 1.54) is 0 Å². The number of fused-ring (bicyclic) bond motifs is 1. The van der Waals surface area contributed by atoms with Gasteiger partial charge in [0.1, 0.15) is 24.4 Å². The minimum Gasteiger partial charge on any atom is -0.394 e. The van der Waals surface area contributed by atoms with Crippen molar-refractivity contribution in [3.05, 3.63) is 35.9 Å². The quantitative estimate of drug-likeness (QED) is 0.838. The molecule has 6 heteroatoms. The van der Waals surface area contributed by atoms with E-state index in [9.17, 15) is 10.2 Å². The highest BCUT2D eigenvalue weighted by atomic mass is 16.8. The van der Waals surface area contributed by atoms with Gasteiger partial charge in [-0.3, -0.25) is 0 Å². The highest BCUT2D eigenvalue weighted by molar-refractivity contribution is 5.13. The minimum atomic E-state index is -1.03. The lowest BCUT2D eigenvalue weighted by atomic mass is 10.1. The molecule has 22 heavy (non-hydrogen) atoms. The normalized spacial score (nSPS) is 34.5. The van der Waals surface area contributed by atoms with Crippen LogP contribution >= 0.6 is 0 Å². The molecule has 0 amide bonds. The summed E-state index contributed by atoms with van der Waals surface area (Å²) in [6.07, 6.45) is -3.23. The first-order valence-electron chi connectivity index (χ1n) is 7.46. The van der Waals surface area contributed by atoms with Crippen LogP contribution in [0.2, 0.25) is 0 Å². The second-order valence-electron chi connectivity index (χ2n) is 6.08. The van der Waals surface area contributed by atoms with Crippen LogP contribution in [0.15, 0.2) is 30.3 Å². The Morgan fingerprint density at radius 1 is 1.18 bits per heavy atom. The van der Waals surface area contributed by atoms with Gasteiger partial charge in [0.15, 0.2) is 12.1 Å². The van der Waals surface area contributed by atoms with Crippen molar-refractivity contribution in [1.29, 1.82) is 0 Å². The van der Waals surface area contributed by atoms with E-state index >= 15 is 0 Å². The maximum absolute atomic E-state index is 9.91. The van der Waals surface area contributed by atoms with Crippen LogP contribution in [0.1, 0.15) is 19.4 Å². The Morgan fingerprint density at radius 3 is 2.55 bits per heavy atom. The van der Waals surface area contributed by atoms with Crippen molar-refractivity contribution in [3.63, 3.8) is 0 Å². The molecule has 2 fully saturated rings. The fourth-order valence-electron chi connectivity index (χ4n) is 2.89. The second kappa shape index (κ2) is 6.23. The molecular formula is C16H22O6. The molecule has 0 aromatic heterocycles. The van der Waals surface area contributed by atoms with E-state index in [-0.39, 0.29) is 0 Å². The van der Waals surface area contributed by atoms with Crippen LogP contribution in [-0.4, -0.2) is 53.3 Å². The highest BCUT2D eigenvalue weighted by Crippen LogP contribution is 2.40. The van der Waals surface area contributed by atoms with E-state index in [1.807, 2.05) is 44.2 Å². The van der Waals surface area contributed by atoms with Crippen molar-refractivity contribution >= 4 is 0 Å². The molecule has 1 aromatic carbocycles. The second-order valence-corrected chi connectivity index (χ2v) is 6.08. The van der Waals surface area contributed by atoms with Crippen LogP contribution in [0.25, 0.3) is 0 Å². The Bertz CT molecular complexity index is 491. The first-order chi connectivity index (χ1) is 10.5. The number of ether oxygens (including phenoxy) is 4. The summed E-state index contributed by atoms with van der Waals surface area (Å²) < 4.78 is 23.1. The molecule has 2 saturated heterocycles. The Morgan fingerprint density at radius 2 is 1.86 bits per heavy atom. The number of hydrogen-bond donors (Lipinski definition) is 2. The average Bonchev–Trinajstić information content (AvgIpc) is 2.99. The van der Waals surface area contributed by atoms with E-state index in [1.54, 1.807) is 0 Å². The zero-order valence-electron chi connectivity index (χ0n) is 12.7. The first kappa shape index (κ1) is 15.9. The lowest BCUT2D eigenvalue weighted by molar-refractivity contribution is -0.247. The fraction of sp³-hybridized carbons (Fsp3) is 0.625. The molecule has 5 atom stereocenters. The molecule has 0 aliphatic carbocycles. The molecular weight excluding hydrogens is 288 g/mol. The maximum Gasteiger partial charge on any atom is 0.187 e. The van der Waals surface area contributed by atoms with Crippen molar-refractivity contribution in [2.45, 2.75) is 56.9 Å². The SMILES string of the molecule is CC1(C)O[C@H]2[C@@H]([C@@H](O)CO)OC(OCc3ccccc3)[C@H]2O1. The molecule has 1 aromatic rings. The predicted molar refractivity (Wildman–Crippen MR) is 76.8 cm³/mol. The molecule has 0 radical (unpaired) electrons. The number of aliphatic hydroxyl groups excluding tert-OH is 2. The summed E-state index contributed by atoms with van der Waals surface area (Å²) in [6, 6.07) is 9.74. The van der Waals surface area contributed by atoms with Crippen LogP contribution < -0.4 is 0 Å². The zero-order valence-corrected chi connectivity index (χ0v) is 12.7. The van der Waals surface area contributed by atoms with Crippen molar-refractivity contribution in [3.8, 4) is 0 Å². The molecule has 3 rings (SSSR count). The van der Waals surface area contributed by atoms with Gasteiger partial charge >= 0.3 is 0 Å². The lowest BCUT2D eigenvalue weighted by Gasteiger charge is -2.25. The van der Waals surface area contributed by atoms with E-state index < -0.39 is 43.1 Å². The summed E-state index contributed by atoms with van der Waals surface area (Å²) in [5.41, 5.74) is 1.02. The van der Waals surface area contributed by atoms with Gasteiger partial charge in [-0.25, -0.2) is 0 Å². The largest absolute Gasteiger partial charge is 0.394 e. The maximum atomic E-state index is 9.91. The van der Waals surface area contributed by atoms with E-state index in [0.717, 1.165) is 5.56 Å². The summed E-state index contributed by atoms with van der Waals surface area (Å²) in [6.45, 7) is 3.59. The third-order valence-electron chi connectivity index (χ3n) is 3.87.